The number of nitriles is 1. The number of aryl methyl sites for hydroxylation is 1. The number of halogens is 2. The molecular weight excluding hydrogens is 558 g/mol. The summed E-state index contributed by atoms with van der Waals surface area (Å²) in [5, 5.41) is 22.1. The van der Waals surface area contributed by atoms with Crippen LogP contribution in [0.1, 0.15) is 54.2 Å². The van der Waals surface area contributed by atoms with E-state index in [9.17, 15) is 23.6 Å². The molecule has 12 nitrogen and oxygen atoms in total. The van der Waals surface area contributed by atoms with Gasteiger partial charge in [0.1, 0.15) is 5.82 Å². The number of anilines is 2. The number of hydrogen-bond donors (Lipinski definition) is 1. The Labute approximate surface area is 246 Å². The van der Waals surface area contributed by atoms with Crippen molar-refractivity contribution in [2.75, 3.05) is 36.4 Å². The van der Waals surface area contributed by atoms with Crippen molar-refractivity contribution in [1.29, 1.82) is 5.26 Å². The van der Waals surface area contributed by atoms with Crippen LogP contribution in [0, 0.1) is 42.7 Å². The maximum absolute atomic E-state index is 15.0. The Balaban J connectivity index is 1.14. The number of rotatable bonds is 6. The van der Waals surface area contributed by atoms with Gasteiger partial charge < -0.3 is 15.1 Å². The molecule has 3 aromatic rings. The summed E-state index contributed by atoms with van der Waals surface area (Å²) in [6.07, 6.45) is 5.69. The lowest BCUT2D eigenvalue weighted by Gasteiger charge is -2.37. The molecule has 1 saturated carbocycles. The van der Waals surface area contributed by atoms with Gasteiger partial charge in [0, 0.05) is 45.2 Å². The number of nitrogens with zero attached hydrogens (tertiary/aromatic N) is 9. The lowest BCUT2D eigenvalue weighted by atomic mass is 10.0. The highest BCUT2D eigenvalue weighted by Crippen LogP contribution is 2.33. The number of hydrogen-bond acceptors (Lipinski definition) is 8. The van der Waals surface area contributed by atoms with Gasteiger partial charge in [-0.2, -0.15) is 20.4 Å². The second-order valence-corrected chi connectivity index (χ2v) is 11.0. The maximum atomic E-state index is 15.0. The molecular formula is C29H30F2N10O2. The first-order valence-electron chi connectivity index (χ1n) is 14.2. The Morgan fingerprint density at radius 3 is 2.60 bits per heavy atom. The number of urea groups is 1. The Kier molecular flexibility index (Phi) is 7.47. The van der Waals surface area contributed by atoms with Crippen molar-refractivity contribution in [2.45, 2.75) is 45.6 Å². The molecule has 0 bridgehead atoms. The number of hydrazone groups is 1. The van der Waals surface area contributed by atoms with Gasteiger partial charge in [-0.25, -0.2) is 28.3 Å². The lowest BCUT2D eigenvalue weighted by Crippen LogP contribution is -2.52. The molecule has 2 aliphatic heterocycles. The van der Waals surface area contributed by atoms with Crippen molar-refractivity contribution in [3.05, 3.63) is 58.5 Å². The molecule has 4 heterocycles. The van der Waals surface area contributed by atoms with Gasteiger partial charge in [0.05, 0.1) is 40.9 Å². The van der Waals surface area contributed by atoms with Crippen LogP contribution in [0.4, 0.5) is 25.2 Å². The fraction of sp³-hybridized carbons (Fsp3) is 0.414. The largest absolute Gasteiger partial charge is 0.341 e. The van der Waals surface area contributed by atoms with Gasteiger partial charge in [0.25, 0.3) is 0 Å². The molecule has 1 atom stereocenters. The molecule has 3 aliphatic rings. The third kappa shape index (κ3) is 5.75. The fourth-order valence-electron chi connectivity index (χ4n) is 5.44. The zero-order chi connectivity index (χ0) is 30.2. The van der Waals surface area contributed by atoms with Gasteiger partial charge in [0.2, 0.25) is 11.9 Å². The van der Waals surface area contributed by atoms with Gasteiger partial charge in [-0.1, -0.05) is 0 Å². The van der Waals surface area contributed by atoms with E-state index in [1.54, 1.807) is 31.0 Å². The summed E-state index contributed by atoms with van der Waals surface area (Å²) in [6.45, 7) is 4.93. The van der Waals surface area contributed by atoms with Crippen LogP contribution in [0.5, 0.6) is 0 Å². The van der Waals surface area contributed by atoms with E-state index in [1.165, 1.54) is 15.8 Å². The van der Waals surface area contributed by atoms with E-state index in [0.29, 0.717) is 67.6 Å². The molecule has 0 radical (unpaired) electrons. The number of aromatic nitrogens is 4. The lowest BCUT2D eigenvalue weighted by molar-refractivity contribution is -0.116. The quantitative estimate of drug-likeness (QED) is 0.462. The van der Waals surface area contributed by atoms with Crippen molar-refractivity contribution in [3.63, 3.8) is 0 Å². The predicted octanol–water partition coefficient (Wildman–Crippen LogP) is 3.84. The zero-order valence-corrected chi connectivity index (χ0v) is 23.8. The highest BCUT2D eigenvalue weighted by Gasteiger charge is 2.34. The highest BCUT2D eigenvalue weighted by atomic mass is 19.1. The Bertz CT molecular complexity index is 1650. The van der Waals surface area contributed by atoms with Crippen molar-refractivity contribution < 1.29 is 18.4 Å². The molecule has 1 saturated heterocycles. The third-order valence-corrected chi connectivity index (χ3v) is 7.93. The van der Waals surface area contributed by atoms with E-state index in [4.69, 9.17) is 0 Å². The molecule has 1 aliphatic carbocycles. The van der Waals surface area contributed by atoms with Crippen LogP contribution in [-0.4, -0.2) is 74.0 Å². The smallest absolute Gasteiger partial charge is 0.337 e. The predicted molar refractivity (Wildman–Crippen MR) is 153 cm³/mol. The van der Waals surface area contributed by atoms with E-state index >= 15 is 0 Å². The van der Waals surface area contributed by atoms with Gasteiger partial charge in [0.15, 0.2) is 11.6 Å². The van der Waals surface area contributed by atoms with Gasteiger partial charge in [-0.05, 0) is 56.4 Å². The van der Waals surface area contributed by atoms with Crippen LogP contribution < -0.4 is 10.2 Å². The van der Waals surface area contributed by atoms with E-state index in [2.05, 4.69) is 25.5 Å². The number of carbonyl (C=O) groups excluding carboxylic acids is 2. The highest BCUT2D eigenvalue weighted by molar-refractivity contribution is 5.92. The Morgan fingerprint density at radius 2 is 1.88 bits per heavy atom. The van der Waals surface area contributed by atoms with Crippen LogP contribution in [0.2, 0.25) is 0 Å². The molecule has 1 N–H and O–H groups in total. The Hall–Kier alpha value is -4.93. The molecule has 0 spiro atoms. The second-order valence-electron chi connectivity index (χ2n) is 11.0. The van der Waals surface area contributed by atoms with Crippen LogP contribution >= 0.6 is 0 Å². The first-order chi connectivity index (χ1) is 20.7. The number of amides is 3. The van der Waals surface area contributed by atoms with Crippen LogP contribution in [0.15, 0.2) is 29.5 Å². The van der Waals surface area contributed by atoms with Gasteiger partial charge >= 0.3 is 6.03 Å². The summed E-state index contributed by atoms with van der Waals surface area (Å²) in [7, 11) is 0. The number of piperazine rings is 1. The molecule has 222 valence electrons. The van der Waals surface area contributed by atoms with Gasteiger partial charge in [-0.3, -0.25) is 4.79 Å². The normalized spacial score (nSPS) is 18.2. The van der Waals surface area contributed by atoms with E-state index < -0.39 is 17.7 Å². The minimum Gasteiger partial charge on any atom is -0.337 e. The van der Waals surface area contributed by atoms with E-state index in [-0.39, 0.29) is 29.3 Å². The minimum absolute atomic E-state index is 0.0344. The average molecular weight is 589 g/mol. The molecule has 14 heteroatoms. The topological polar surface area (TPSA) is 136 Å². The van der Waals surface area contributed by atoms with E-state index in [0.717, 1.165) is 25.1 Å². The minimum atomic E-state index is -0.658. The first-order valence-corrected chi connectivity index (χ1v) is 14.2. The molecule has 1 aromatic carbocycles. The van der Waals surface area contributed by atoms with Crippen molar-refractivity contribution in [3.8, 4) is 11.9 Å². The van der Waals surface area contributed by atoms with Crippen molar-refractivity contribution >= 4 is 29.8 Å². The first kappa shape index (κ1) is 28.2. The van der Waals surface area contributed by atoms with Gasteiger partial charge in [-0.15, -0.1) is 0 Å². The summed E-state index contributed by atoms with van der Waals surface area (Å²) in [5.74, 6) is -0.601. The molecule has 6 rings (SSSR count). The fourth-order valence-corrected chi connectivity index (χ4v) is 5.44. The number of carbonyl (C=O) groups is 2. The molecule has 43 heavy (non-hydrogen) atoms. The van der Waals surface area contributed by atoms with Crippen LogP contribution in [0.25, 0.3) is 5.82 Å². The monoisotopic (exact) mass is 588 g/mol. The SMILES string of the molecule is Cc1nn(-c2nc(N3CCN(C(=O)N4N=CC[C@H]4c4cc(F)cc(C#N)c4)CC3)ncc2F)c(C)c1NC(=O)CC1CC1. The molecule has 2 aromatic heterocycles. The second kappa shape index (κ2) is 11.4. The summed E-state index contributed by atoms with van der Waals surface area (Å²) < 4.78 is 30.4. The van der Waals surface area contributed by atoms with Crippen LogP contribution in [-0.2, 0) is 4.79 Å². The average Bonchev–Trinajstić information content (AvgIpc) is 3.59. The molecule has 0 unspecified atom stereocenters. The molecule has 3 amide bonds. The summed E-state index contributed by atoms with van der Waals surface area (Å²) >= 11 is 0. The van der Waals surface area contributed by atoms with E-state index in [1.807, 2.05) is 11.0 Å². The summed E-state index contributed by atoms with van der Waals surface area (Å²) in [5.41, 5.74) is 2.33. The third-order valence-electron chi connectivity index (χ3n) is 7.93. The summed E-state index contributed by atoms with van der Waals surface area (Å²) in [6, 6.07) is 5.13. The molecule has 2 fully saturated rings. The maximum Gasteiger partial charge on any atom is 0.341 e. The standard InChI is InChI=1S/C29H30F2N10O2/c1-17-26(35-25(42)13-19-3-4-19)18(2)40(37-17)27-23(31)16-33-28(36-27)38-7-9-39(10-8-38)29(43)41-24(5-6-34-41)21-11-20(15-32)12-22(30)14-21/h6,11-12,14,16,19,24H,3-5,7-10,13H2,1-2H3,(H,35,42)/t24-/m0/s1. The van der Waals surface area contributed by atoms with Crippen molar-refractivity contribution in [2.24, 2.45) is 11.0 Å². The van der Waals surface area contributed by atoms with Crippen LogP contribution in [0.3, 0.4) is 0 Å². The number of benzene rings is 1. The summed E-state index contributed by atoms with van der Waals surface area (Å²) in [4.78, 5) is 38.0. The zero-order valence-electron chi connectivity index (χ0n) is 23.8. The Morgan fingerprint density at radius 1 is 1.12 bits per heavy atom. The van der Waals surface area contributed by atoms with Crippen molar-refractivity contribution in [1.82, 2.24) is 29.7 Å². The number of nitrogens with one attached hydrogen (secondary N) is 1.